The molecule has 0 N–H and O–H groups in total. The Bertz CT molecular complexity index is 639. The molecule has 0 spiro atoms. The predicted octanol–water partition coefficient (Wildman–Crippen LogP) is 3.80. The van der Waals surface area contributed by atoms with Crippen LogP contribution in [-0.4, -0.2) is 49.6 Å². The number of para-hydroxylation sites is 1. The Hall–Kier alpha value is -1.91. The van der Waals surface area contributed by atoms with Crippen molar-refractivity contribution in [1.29, 1.82) is 0 Å². The minimum Gasteiger partial charge on any atom is -0.457 e. The van der Waals surface area contributed by atoms with Crippen molar-refractivity contribution < 1.29 is 9.13 Å². The average Bonchev–Trinajstić information content (AvgIpc) is 2.60. The van der Waals surface area contributed by atoms with Gasteiger partial charge in [0, 0.05) is 31.7 Å². The third kappa shape index (κ3) is 4.56. The van der Waals surface area contributed by atoms with E-state index in [9.17, 15) is 4.39 Å². The third-order valence-corrected chi connectivity index (χ3v) is 4.54. The van der Waals surface area contributed by atoms with E-state index >= 15 is 0 Å². The van der Waals surface area contributed by atoms with Gasteiger partial charge in [-0.05, 0) is 50.7 Å². The van der Waals surface area contributed by atoms with Gasteiger partial charge in [-0.2, -0.15) is 0 Å². The first kappa shape index (κ1) is 16.9. The van der Waals surface area contributed by atoms with E-state index in [0.29, 0.717) is 17.7 Å². The molecule has 2 aromatic carbocycles. The number of ether oxygens (including phenoxy) is 1. The first-order chi connectivity index (χ1) is 11.7. The molecule has 0 aromatic heterocycles. The predicted molar refractivity (Wildman–Crippen MR) is 95.2 cm³/mol. The summed E-state index contributed by atoms with van der Waals surface area (Å²) in [5, 5.41) is 0. The van der Waals surface area contributed by atoms with Crippen molar-refractivity contribution in [3.63, 3.8) is 0 Å². The van der Waals surface area contributed by atoms with Crippen LogP contribution in [0.1, 0.15) is 12.0 Å². The molecule has 0 saturated carbocycles. The topological polar surface area (TPSA) is 15.7 Å². The lowest BCUT2D eigenvalue weighted by atomic mass is 10.1. The van der Waals surface area contributed by atoms with Gasteiger partial charge < -0.3 is 14.5 Å². The Morgan fingerprint density at radius 2 is 1.71 bits per heavy atom. The molecule has 3 nitrogen and oxygen atoms in total. The third-order valence-electron chi connectivity index (χ3n) is 4.54. The van der Waals surface area contributed by atoms with Gasteiger partial charge in [0.1, 0.15) is 17.3 Å². The monoisotopic (exact) mass is 328 g/mol. The summed E-state index contributed by atoms with van der Waals surface area (Å²) in [4.78, 5) is 4.80. The zero-order valence-electron chi connectivity index (χ0n) is 14.2. The highest BCUT2D eigenvalue weighted by Gasteiger charge is 2.15. The Labute approximate surface area is 143 Å². The highest BCUT2D eigenvalue weighted by molar-refractivity contribution is 5.38. The molecule has 2 aromatic rings. The van der Waals surface area contributed by atoms with Crippen molar-refractivity contribution in [3.05, 3.63) is 59.9 Å². The summed E-state index contributed by atoms with van der Waals surface area (Å²) in [6.07, 6.45) is 1.64. The quantitative estimate of drug-likeness (QED) is 0.802. The number of likely N-dealkylation sites (N-methyl/N-ethyl adjacent to an activating group) is 1. The fourth-order valence-electron chi connectivity index (χ4n) is 3.04. The molecule has 0 unspecified atom stereocenters. The van der Waals surface area contributed by atoms with Crippen LogP contribution in [0.2, 0.25) is 0 Å². The van der Waals surface area contributed by atoms with Gasteiger partial charge in [0.2, 0.25) is 0 Å². The largest absolute Gasteiger partial charge is 0.457 e. The number of hydrogen-bond donors (Lipinski definition) is 0. The number of rotatable bonds is 6. The van der Waals surface area contributed by atoms with E-state index in [2.05, 4.69) is 16.8 Å². The van der Waals surface area contributed by atoms with Gasteiger partial charge in [0.25, 0.3) is 0 Å². The molecule has 1 heterocycles. The molecule has 128 valence electrons. The lowest BCUT2D eigenvalue weighted by Gasteiger charge is -2.32. The summed E-state index contributed by atoms with van der Waals surface area (Å²) in [5.41, 5.74) is 0.676. The molecule has 3 rings (SSSR count). The maximum absolute atomic E-state index is 14.3. The van der Waals surface area contributed by atoms with Crippen LogP contribution in [0, 0.1) is 5.82 Å². The normalized spacial score (nSPS) is 16.2. The summed E-state index contributed by atoms with van der Waals surface area (Å²) in [6, 6.07) is 14.6. The second-order valence-electron chi connectivity index (χ2n) is 6.38. The van der Waals surface area contributed by atoms with Crippen molar-refractivity contribution in [3.8, 4) is 11.5 Å². The molecule has 1 fully saturated rings. The standard InChI is InChI=1S/C20H25FN2O/c1-22-13-15-23(16-14-22)12-6-9-18-19(21)10-5-11-20(18)24-17-7-3-2-4-8-17/h2-5,7-8,10-11H,6,9,12-16H2,1H3. The van der Waals surface area contributed by atoms with Gasteiger partial charge in [-0.1, -0.05) is 24.3 Å². The molecule has 0 bridgehead atoms. The fourth-order valence-corrected chi connectivity index (χ4v) is 3.04. The van der Waals surface area contributed by atoms with Crippen LogP contribution in [0.4, 0.5) is 4.39 Å². The van der Waals surface area contributed by atoms with E-state index in [-0.39, 0.29) is 5.82 Å². The van der Waals surface area contributed by atoms with Crippen molar-refractivity contribution in [2.75, 3.05) is 39.8 Å². The van der Waals surface area contributed by atoms with E-state index in [4.69, 9.17) is 4.74 Å². The second-order valence-corrected chi connectivity index (χ2v) is 6.38. The van der Waals surface area contributed by atoms with Gasteiger partial charge >= 0.3 is 0 Å². The maximum atomic E-state index is 14.3. The van der Waals surface area contributed by atoms with Crippen molar-refractivity contribution in [2.24, 2.45) is 0 Å². The Morgan fingerprint density at radius 1 is 0.958 bits per heavy atom. The second kappa shape index (κ2) is 8.27. The highest BCUT2D eigenvalue weighted by Crippen LogP contribution is 2.28. The van der Waals surface area contributed by atoms with Gasteiger partial charge in [-0.15, -0.1) is 0 Å². The molecule has 1 aliphatic rings. The lowest BCUT2D eigenvalue weighted by molar-refractivity contribution is 0.153. The molecule has 4 heteroatoms. The van der Waals surface area contributed by atoms with Crippen molar-refractivity contribution in [1.82, 2.24) is 9.80 Å². The Balaban J connectivity index is 1.60. The number of hydrogen-bond acceptors (Lipinski definition) is 3. The van der Waals surface area contributed by atoms with Crippen molar-refractivity contribution in [2.45, 2.75) is 12.8 Å². The summed E-state index contributed by atoms with van der Waals surface area (Å²) in [5.74, 6) is 1.19. The molecular formula is C20H25FN2O. The summed E-state index contributed by atoms with van der Waals surface area (Å²) >= 11 is 0. The summed E-state index contributed by atoms with van der Waals surface area (Å²) in [7, 11) is 2.16. The zero-order valence-corrected chi connectivity index (χ0v) is 14.2. The average molecular weight is 328 g/mol. The summed E-state index contributed by atoms with van der Waals surface area (Å²) in [6.45, 7) is 5.43. The molecule has 0 amide bonds. The molecule has 0 aliphatic carbocycles. The van der Waals surface area contributed by atoms with Crippen LogP contribution in [0.15, 0.2) is 48.5 Å². The molecule has 0 atom stereocenters. The highest BCUT2D eigenvalue weighted by atomic mass is 19.1. The van der Waals surface area contributed by atoms with Crippen LogP contribution < -0.4 is 4.74 Å². The minimum atomic E-state index is -0.179. The molecular weight excluding hydrogens is 303 g/mol. The van der Waals surface area contributed by atoms with Gasteiger partial charge in [0.15, 0.2) is 0 Å². The lowest BCUT2D eigenvalue weighted by Crippen LogP contribution is -2.44. The van der Waals surface area contributed by atoms with Crippen LogP contribution in [0.5, 0.6) is 11.5 Å². The van der Waals surface area contributed by atoms with E-state index in [1.807, 2.05) is 36.4 Å². The molecule has 24 heavy (non-hydrogen) atoms. The summed E-state index contributed by atoms with van der Waals surface area (Å²) < 4.78 is 20.2. The first-order valence-corrected chi connectivity index (χ1v) is 8.63. The Kier molecular flexibility index (Phi) is 5.83. The molecule has 1 saturated heterocycles. The number of benzene rings is 2. The van der Waals surface area contributed by atoms with Gasteiger partial charge in [-0.25, -0.2) is 4.39 Å². The number of nitrogens with zero attached hydrogens (tertiary/aromatic N) is 2. The SMILES string of the molecule is CN1CCN(CCCc2c(F)cccc2Oc2ccccc2)CC1. The van der Waals surface area contributed by atoms with E-state index in [1.165, 1.54) is 6.07 Å². The molecule has 0 radical (unpaired) electrons. The number of piperazine rings is 1. The van der Waals surface area contributed by atoms with Crippen LogP contribution in [0.3, 0.4) is 0 Å². The zero-order chi connectivity index (χ0) is 16.8. The smallest absolute Gasteiger partial charge is 0.133 e. The van der Waals surface area contributed by atoms with E-state index in [0.717, 1.165) is 44.9 Å². The van der Waals surface area contributed by atoms with Crippen LogP contribution in [-0.2, 0) is 6.42 Å². The van der Waals surface area contributed by atoms with Crippen LogP contribution >= 0.6 is 0 Å². The maximum Gasteiger partial charge on any atom is 0.133 e. The van der Waals surface area contributed by atoms with Gasteiger partial charge in [-0.3, -0.25) is 0 Å². The van der Waals surface area contributed by atoms with E-state index < -0.39 is 0 Å². The van der Waals surface area contributed by atoms with E-state index in [1.54, 1.807) is 6.07 Å². The Morgan fingerprint density at radius 3 is 2.46 bits per heavy atom. The number of halogens is 1. The van der Waals surface area contributed by atoms with Crippen molar-refractivity contribution >= 4 is 0 Å². The fraction of sp³-hybridized carbons (Fsp3) is 0.400. The molecule has 1 aliphatic heterocycles. The first-order valence-electron chi connectivity index (χ1n) is 8.63. The van der Waals surface area contributed by atoms with Gasteiger partial charge in [0.05, 0.1) is 0 Å². The minimum absolute atomic E-state index is 0.179. The van der Waals surface area contributed by atoms with Crippen LogP contribution in [0.25, 0.3) is 0 Å².